The van der Waals surface area contributed by atoms with E-state index in [0.29, 0.717) is 5.92 Å². The van der Waals surface area contributed by atoms with E-state index in [1.165, 1.54) is 12.1 Å². The Morgan fingerprint density at radius 1 is 1.15 bits per heavy atom. The molecule has 0 aliphatic carbocycles. The first-order valence-corrected chi connectivity index (χ1v) is 7.18. The maximum Gasteiger partial charge on any atom is 0.416 e. The number of rotatable bonds is 6. The summed E-state index contributed by atoms with van der Waals surface area (Å²) in [7, 11) is 0. The highest BCUT2D eigenvalue weighted by atomic mass is 19.4. The second kappa shape index (κ2) is 7.11. The van der Waals surface area contributed by atoms with Crippen LogP contribution in [0.2, 0.25) is 0 Å². The van der Waals surface area contributed by atoms with Gasteiger partial charge in [0.15, 0.2) is 0 Å². The Kier molecular flexibility index (Phi) is 6.06. The van der Waals surface area contributed by atoms with E-state index in [2.05, 4.69) is 26.1 Å². The van der Waals surface area contributed by atoms with Gasteiger partial charge < -0.3 is 5.32 Å². The van der Waals surface area contributed by atoms with Crippen molar-refractivity contribution in [2.75, 3.05) is 6.54 Å². The van der Waals surface area contributed by atoms with Crippen molar-refractivity contribution in [2.24, 2.45) is 5.92 Å². The fourth-order valence-electron chi connectivity index (χ4n) is 2.51. The number of nitrogens with one attached hydrogen (secondary N) is 1. The molecule has 1 rings (SSSR count). The fourth-order valence-corrected chi connectivity index (χ4v) is 2.51. The zero-order chi connectivity index (χ0) is 15.3. The van der Waals surface area contributed by atoms with Crippen LogP contribution >= 0.6 is 0 Å². The van der Waals surface area contributed by atoms with Crippen LogP contribution in [-0.2, 0) is 6.18 Å². The molecule has 0 aromatic heterocycles. The summed E-state index contributed by atoms with van der Waals surface area (Å²) in [4.78, 5) is 0. The molecule has 0 spiro atoms. The summed E-state index contributed by atoms with van der Waals surface area (Å²) in [6.45, 7) is 9.14. The second-order valence-electron chi connectivity index (χ2n) is 5.64. The number of hydrogen-bond acceptors (Lipinski definition) is 1. The number of alkyl halides is 3. The van der Waals surface area contributed by atoms with Crippen molar-refractivity contribution < 1.29 is 13.2 Å². The fraction of sp³-hybridized carbons (Fsp3) is 0.625. The largest absolute Gasteiger partial charge is 0.416 e. The average Bonchev–Trinajstić information content (AvgIpc) is 2.37. The topological polar surface area (TPSA) is 12.0 Å². The molecule has 1 N–H and O–H groups in total. The summed E-state index contributed by atoms with van der Waals surface area (Å²) >= 11 is 0. The first-order chi connectivity index (χ1) is 9.27. The average molecular weight is 287 g/mol. The molecule has 114 valence electrons. The van der Waals surface area contributed by atoms with Crippen LogP contribution in [0.5, 0.6) is 0 Å². The first-order valence-electron chi connectivity index (χ1n) is 7.18. The Morgan fingerprint density at radius 3 is 2.30 bits per heavy atom. The van der Waals surface area contributed by atoms with E-state index in [4.69, 9.17) is 0 Å². The standard InChI is InChI=1S/C16H24F3N/c1-5-9-20-15(11(2)3)12(4)13-7-6-8-14(10-13)16(17,18)19/h6-8,10-12,15,20H,5,9H2,1-4H3. The summed E-state index contributed by atoms with van der Waals surface area (Å²) in [6.07, 6.45) is -3.27. The van der Waals surface area contributed by atoms with Crippen LogP contribution in [-0.4, -0.2) is 12.6 Å². The SMILES string of the molecule is CCCNC(C(C)C)C(C)c1cccc(C(F)(F)F)c1. The minimum Gasteiger partial charge on any atom is -0.313 e. The van der Waals surface area contributed by atoms with Crippen molar-refractivity contribution >= 4 is 0 Å². The molecule has 0 bridgehead atoms. The molecule has 4 heteroatoms. The van der Waals surface area contributed by atoms with E-state index >= 15 is 0 Å². The highest BCUT2D eigenvalue weighted by Crippen LogP contribution is 2.32. The van der Waals surface area contributed by atoms with Crippen molar-refractivity contribution in [1.29, 1.82) is 0 Å². The quantitative estimate of drug-likeness (QED) is 0.790. The molecule has 0 aliphatic rings. The lowest BCUT2D eigenvalue weighted by atomic mass is 9.85. The van der Waals surface area contributed by atoms with E-state index in [-0.39, 0.29) is 12.0 Å². The third-order valence-electron chi connectivity index (χ3n) is 3.63. The Labute approximate surface area is 119 Å². The summed E-state index contributed by atoms with van der Waals surface area (Å²) < 4.78 is 38.3. The Balaban J connectivity index is 2.97. The van der Waals surface area contributed by atoms with Crippen LogP contribution in [0.25, 0.3) is 0 Å². The number of benzene rings is 1. The van der Waals surface area contributed by atoms with Crippen molar-refractivity contribution in [1.82, 2.24) is 5.32 Å². The van der Waals surface area contributed by atoms with Crippen molar-refractivity contribution in [3.63, 3.8) is 0 Å². The van der Waals surface area contributed by atoms with E-state index in [9.17, 15) is 13.2 Å². The molecule has 0 aliphatic heterocycles. The summed E-state index contributed by atoms with van der Waals surface area (Å²) in [5, 5.41) is 3.44. The van der Waals surface area contributed by atoms with Gasteiger partial charge in [-0.05, 0) is 36.4 Å². The van der Waals surface area contributed by atoms with E-state index < -0.39 is 11.7 Å². The molecule has 0 radical (unpaired) electrons. The highest BCUT2D eigenvalue weighted by molar-refractivity contribution is 5.29. The maximum absolute atomic E-state index is 12.8. The van der Waals surface area contributed by atoms with Gasteiger partial charge in [0, 0.05) is 6.04 Å². The second-order valence-corrected chi connectivity index (χ2v) is 5.64. The Morgan fingerprint density at radius 2 is 1.80 bits per heavy atom. The van der Waals surface area contributed by atoms with Gasteiger partial charge >= 0.3 is 6.18 Å². The van der Waals surface area contributed by atoms with Gasteiger partial charge in [0.2, 0.25) is 0 Å². The molecular weight excluding hydrogens is 263 g/mol. The third-order valence-corrected chi connectivity index (χ3v) is 3.63. The van der Waals surface area contributed by atoms with Gasteiger partial charge in [0.1, 0.15) is 0 Å². The van der Waals surface area contributed by atoms with Crippen molar-refractivity contribution in [3.8, 4) is 0 Å². The predicted octanol–water partition coefficient (Wildman–Crippen LogP) is 4.83. The summed E-state index contributed by atoms with van der Waals surface area (Å²) in [6, 6.07) is 5.85. The zero-order valence-corrected chi connectivity index (χ0v) is 12.6. The molecular formula is C16H24F3N. The molecule has 0 amide bonds. The molecule has 1 aromatic carbocycles. The van der Waals surface area contributed by atoms with Crippen LogP contribution in [0, 0.1) is 5.92 Å². The minimum atomic E-state index is -4.28. The molecule has 0 saturated heterocycles. The number of hydrogen-bond donors (Lipinski definition) is 1. The van der Waals surface area contributed by atoms with Gasteiger partial charge in [0.25, 0.3) is 0 Å². The van der Waals surface area contributed by atoms with E-state index in [1.54, 1.807) is 6.07 Å². The van der Waals surface area contributed by atoms with Crippen molar-refractivity contribution in [2.45, 2.75) is 52.3 Å². The minimum absolute atomic E-state index is 0.0452. The third kappa shape index (κ3) is 4.51. The maximum atomic E-state index is 12.8. The molecule has 0 fully saturated rings. The normalized spacial score (nSPS) is 15.4. The van der Waals surface area contributed by atoms with Crippen molar-refractivity contribution in [3.05, 3.63) is 35.4 Å². The van der Waals surface area contributed by atoms with Gasteiger partial charge in [-0.3, -0.25) is 0 Å². The molecule has 2 atom stereocenters. The lowest BCUT2D eigenvalue weighted by molar-refractivity contribution is -0.137. The van der Waals surface area contributed by atoms with Gasteiger partial charge in [0.05, 0.1) is 5.56 Å². The Bertz CT molecular complexity index is 412. The molecule has 0 heterocycles. The highest BCUT2D eigenvalue weighted by Gasteiger charge is 2.31. The van der Waals surface area contributed by atoms with Gasteiger partial charge in [-0.25, -0.2) is 0 Å². The smallest absolute Gasteiger partial charge is 0.313 e. The lowest BCUT2D eigenvalue weighted by Gasteiger charge is -2.29. The van der Waals surface area contributed by atoms with Crippen LogP contribution in [0.1, 0.15) is 51.2 Å². The van der Waals surface area contributed by atoms with Gasteiger partial charge in [-0.15, -0.1) is 0 Å². The molecule has 1 aromatic rings. The molecule has 20 heavy (non-hydrogen) atoms. The lowest BCUT2D eigenvalue weighted by Crippen LogP contribution is -2.38. The van der Waals surface area contributed by atoms with Gasteiger partial charge in [-0.1, -0.05) is 45.9 Å². The van der Waals surface area contributed by atoms with Gasteiger partial charge in [-0.2, -0.15) is 13.2 Å². The van der Waals surface area contributed by atoms with E-state index in [0.717, 1.165) is 24.6 Å². The van der Waals surface area contributed by atoms with Crippen LogP contribution in [0.3, 0.4) is 0 Å². The Hall–Kier alpha value is -1.03. The first kappa shape index (κ1) is 17.0. The molecule has 1 nitrogen and oxygen atoms in total. The molecule has 2 unspecified atom stereocenters. The molecule has 0 saturated carbocycles. The van der Waals surface area contributed by atoms with Crippen LogP contribution < -0.4 is 5.32 Å². The summed E-state index contributed by atoms with van der Waals surface area (Å²) in [5.74, 6) is 0.412. The zero-order valence-electron chi connectivity index (χ0n) is 12.6. The summed E-state index contributed by atoms with van der Waals surface area (Å²) in [5.41, 5.74) is 0.168. The predicted molar refractivity (Wildman–Crippen MR) is 76.8 cm³/mol. The number of halogens is 3. The van der Waals surface area contributed by atoms with Crippen LogP contribution in [0.4, 0.5) is 13.2 Å². The van der Waals surface area contributed by atoms with Crippen LogP contribution in [0.15, 0.2) is 24.3 Å². The van der Waals surface area contributed by atoms with E-state index in [1.807, 2.05) is 6.92 Å². The monoisotopic (exact) mass is 287 g/mol.